The first-order valence-electron chi connectivity index (χ1n) is 11.2. The third-order valence-electron chi connectivity index (χ3n) is 5.97. The molecule has 1 fully saturated rings. The Bertz CT molecular complexity index is 841. The minimum Gasteiger partial charge on any atom is -0.394 e. The Balaban J connectivity index is 1.29. The Labute approximate surface area is 191 Å². The normalized spacial score (nSPS) is 26.9. The van der Waals surface area contributed by atoms with Crippen LogP contribution in [0.25, 0.3) is 10.4 Å². The fourth-order valence-electron chi connectivity index (χ4n) is 4.11. The lowest BCUT2D eigenvalue weighted by Gasteiger charge is -2.40. The number of unbranched alkanes of at least 4 members (excludes halogenated alkanes) is 5. The third-order valence-corrected chi connectivity index (χ3v) is 5.97. The summed E-state index contributed by atoms with van der Waals surface area (Å²) in [5, 5.41) is 32.7. The molecule has 0 unspecified atom stereocenters. The van der Waals surface area contributed by atoms with Gasteiger partial charge in [-0.25, -0.2) is 0 Å². The first-order chi connectivity index (χ1) is 16.0. The molecule has 2 aliphatic heterocycles. The molecule has 33 heavy (non-hydrogen) atoms. The van der Waals surface area contributed by atoms with Crippen LogP contribution in [-0.4, -0.2) is 82.4 Å². The summed E-state index contributed by atoms with van der Waals surface area (Å²) in [6.07, 6.45) is 0.289. The number of imide groups is 1. The molecular weight excluding hydrogens is 432 g/mol. The van der Waals surface area contributed by atoms with Crippen LogP contribution in [0.15, 0.2) is 29.4 Å². The van der Waals surface area contributed by atoms with Gasteiger partial charge in [-0.15, -0.1) is 0 Å². The van der Waals surface area contributed by atoms with Gasteiger partial charge in [0.2, 0.25) is 0 Å². The molecule has 0 aliphatic carbocycles. The van der Waals surface area contributed by atoms with Gasteiger partial charge >= 0.3 is 0 Å². The lowest BCUT2D eigenvalue weighted by atomic mass is 9.98. The molecule has 3 N–H and O–H groups in total. The van der Waals surface area contributed by atoms with Crippen LogP contribution in [0.3, 0.4) is 0 Å². The van der Waals surface area contributed by atoms with E-state index >= 15 is 0 Å². The molecule has 0 spiro atoms. The Morgan fingerprint density at radius 2 is 1.61 bits per heavy atom. The zero-order valence-corrected chi connectivity index (χ0v) is 18.3. The Morgan fingerprint density at radius 3 is 2.21 bits per heavy atom. The van der Waals surface area contributed by atoms with Crippen LogP contribution in [-0.2, 0) is 9.47 Å². The lowest BCUT2D eigenvalue weighted by molar-refractivity contribution is -0.265. The number of aliphatic hydroxyl groups excluding tert-OH is 3. The Morgan fingerprint density at radius 1 is 1.00 bits per heavy atom. The fraction of sp³-hybridized carbons (Fsp3) is 0.636. The average Bonchev–Trinajstić information content (AvgIpc) is 3.07. The van der Waals surface area contributed by atoms with Crippen LogP contribution >= 0.6 is 0 Å². The van der Waals surface area contributed by atoms with Crippen molar-refractivity contribution in [2.75, 3.05) is 19.8 Å². The summed E-state index contributed by atoms with van der Waals surface area (Å²) < 4.78 is 11.0. The van der Waals surface area contributed by atoms with E-state index in [1.54, 1.807) is 24.3 Å². The van der Waals surface area contributed by atoms with E-state index in [9.17, 15) is 24.9 Å². The number of amides is 2. The molecule has 180 valence electrons. The van der Waals surface area contributed by atoms with Crippen LogP contribution in [0.2, 0.25) is 0 Å². The highest BCUT2D eigenvalue weighted by Crippen LogP contribution is 2.25. The summed E-state index contributed by atoms with van der Waals surface area (Å²) in [5.41, 5.74) is 9.63. The number of aliphatic hydroxyl groups is 3. The molecule has 0 aromatic heterocycles. The topological polar surface area (TPSA) is 165 Å². The van der Waals surface area contributed by atoms with Crippen LogP contribution in [0.1, 0.15) is 59.2 Å². The van der Waals surface area contributed by atoms with Crippen molar-refractivity contribution in [3.8, 4) is 0 Å². The van der Waals surface area contributed by atoms with Gasteiger partial charge in [0.05, 0.1) is 23.8 Å². The standard InChI is InChI=1S/C22H30N4O7/c23-25-24-17-19(29)18(28)16(13-27)33-22(17)32-12-8-4-2-1-3-7-11-26-20(30)14-9-5-6-10-15(14)21(26)31/h5-6,9-10,16-19,22,27-29H,1-4,7-8,11-13H2/t16-,17+,18-,19-,22-/m1/s1. The zero-order chi connectivity index (χ0) is 23.8. The molecule has 3 rings (SSSR count). The van der Waals surface area contributed by atoms with E-state index in [0.29, 0.717) is 30.7 Å². The van der Waals surface area contributed by atoms with E-state index in [0.717, 1.165) is 32.1 Å². The predicted octanol–water partition coefficient (Wildman–Crippen LogP) is 1.76. The number of fused-ring (bicyclic) bond motifs is 1. The van der Waals surface area contributed by atoms with Crippen molar-refractivity contribution in [3.05, 3.63) is 45.8 Å². The molecule has 2 heterocycles. The molecule has 1 aromatic carbocycles. The SMILES string of the molecule is [N-]=[N+]=N[C@@H]1[C@H](OCCCCCCCCN2C(=O)c3ccccc3C2=O)O[C@H](CO)[C@@H](O)[C@@H]1O. The van der Waals surface area contributed by atoms with Crippen LogP contribution in [0.4, 0.5) is 0 Å². The molecule has 1 aromatic rings. The van der Waals surface area contributed by atoms with Crippen molar-refractivity contribution in [1.82, 2.24) is 4.90 Å². The maximum Gasteiger partial charge on any atom is 0.261 e. The maximum absolute atomic E-state index is 12.3. The van der Waals surface area contributed by atoms with Crippen molar-refractivity contribution < 1.29 is 34.4 Å². The van der Waals surface area contributed by atoms with Gasteiger partial charge in [0, 0.05) is 18.1 Å². The highest BCUT2D eigenvalue weighted by atomic mass is 16.7. The third kappa shape index (κ3) is 5.89. The largest absolute Gasteiger partial charge is 0.394 e. The molecule has 0 radical (unpaired) electrons. The molecule has 0 saturated carbocycles. The van der Waals surface area contributed by atoms with Crippen molar-refractivity contribution >= 4 is 11.8 Å². The number of azide groups is 1. The number of rotatable bonds is 12. The minimum atomic E-state index is -1.39. The summed E-state index contributed by atoms with van der Waals surface area (Å²) in [6, 6.07) is 5.76. The molecule has 0 bridgehead atoms. The summed E-state index contributed by atoms with van der Waals surface area (Å²) >= 11 is 0. The summed E-state index contributed by atoms with van der Waals surface area (Å²) in [5.74, 6) is -0.449. The Kier molecular flexibility index (Phi) is 9.19. The highest BCUT2D eigenvalue weighted by Gasteiger charge is 2.44. The van der Waals surface area contributed by atoms with Crippen LogP contribution in [0.5, 0.6) is 0 Å². The van der Waals surface area contributed by atoms with E-state index in [1.807, 2.05) is 0 Å². The van der Waals surface area contributed by atoms with Gasteiger partial charge in [-0.1, -0.05) is 42.9 Å². The van der Waals surface area contributed by atoms with Crippen molar-refractivity contribution in [2.24, 2.45) is 5.11 Å². The summed E-state index contributed by atoms with van der Waals surface area (Å²) in [7, 11) is 0. The minimum absolute atomic E-state index is 0.224. The van der Waals surface area contributed by atoms with Crippen molar-refractivity contribution in [2.45, 2.75) is 69.2 Å². The highest BCUT2D eigenvalue weighted by molar-refractivity contribution is 6.21. The maximum atomic E-state index is 12.3. The molecule has 11 nitrogen and oxygen atoms in total. The van der Waals surface area contributed by atoms with E-state index < -0.39 is 37.3 Å². The number of carbonyl (C=O) groups is 2. The first-order valence-corrected chi connectivity index (χ1v) is 11.2. The average molecular weight is 463 g/mol. The molecule has 11 heteroatoms. The number of nitrogens with zero attached hydrogens (tertiary/aromatic N) is 4. The van der Waals surface area contributed by atoms with E-state index in [1.165, 1.54) is 4.90 Å². The summed E-state index contributed by atoms with van der Waals surface area (Å²) in [6.45, 7) is 0.218. The van der Waals surface area contributed by atoms with E-state index in [-0.39, 0.29) is 11.8 Å². The van der Waals surface area contributed by atoms with Crippen molar-refractivity contribution in [1.29, 1.82) is 0 Å². The van der Waals surface area contributed by atoms with Gasteiger partial charge < -0.3 is 24.8 Å². The number of hydrogen-bond donors (Lipinski definition) is 3. The number of ether oxygens (including phenoxy) is 2. The monoisotopic (exact) mass is 462 g/mol. The Hall–Kier alpha value is -2.53. The second-order valence-electron chi connectivity index (χ2n) is 8.20. The van der Waals surface area contributed by atoms with Gasteiger partial charge in [0.25, 0.3) is 11.8 Å². The predicted molar refractivity (Wildman–Crippen MR) is 116 cm³/mol. The fourth-order valence-corrected chi connectivity index (χ4v) is 4.11. The molecule has 1 saturated heterocycles. The number of benzene rings is 1. The smallest absolute Gasteiger partial charge is 0.261 e. The second kappa shape index (κ2) is 12.1. The lowest BCUT2D eigenvalue weighted by Crippen LogP contribution is -2.58. The summed E-state index contributed by atoms with van der Waals surface area (Å²) in [4.78, 5) is 28.6. The van der Waals surface area contributed by atoms with Crippen LogP contribution < -0.4 is 0 Å². The van der Waals surface area contributed by atoms with E-state index in [2.05, 4.69) is 10.0 Å². The second-order valence-corrected chi connectivity index (χ2v) is 8.20. The number of carbonyl (C=O) groups excluding carboxylic acids is 2. The molecular formula is C22H30N4O7. The number of hydrogen-bond acceptors (Lipinski definition) is 8. The van der Waals surface area contributed by atoms with Crippen LogP contribution in [0, 0.1) is 0 Å². The van der Waals surface area contributed by atoms with E-state index in [4.69, 9.17) is 15.0 Å². The van der Waals surface area contributed by atoms with Gasteiger partial charge in [-0.2, -0.15) is 0 Å². The molecule has 2 aliphatic rings. The van der Waals surface area contributed by atoms with Gasteiger partial charge in [0.15, 0.2) is 6.29 Å². The molecule has 5 atom stereocenters. The van der Waals surface area contributed by atoms with Gasteiger partial charge in [0.1, 0.15) is 18.2 Å². The first kappa shape index (κ1) is 25.1. The quantitative estimate of drug-likeness (QED) is 0.140. The van der Waals surface area contributed by atoms with Gasteiger partial charge in [-0.3, -0.25) is 14.5 Å². The van der Waals surface area contributed by atoms with Crippen molar-refractivity contribution in [3.63, 3.8) is 0 Å². The molecule has 2 amide bonds. The zero-order valence-electron chi connectivity index (χ0n) is 18.3. The van der Waals surface area contributed by atoms with Gasteiger partial charge in [-0.05, 0) is 30.5 Å².